The lowest BCUT2D eigenvalue weighted by Crippen LogP contribution is -2.44. The molecule has 162 valence electrons. The molecule has 30 heavy (non-hydrogen) atoms. The Morgan fingerprint density at radius 3 is 2.30 bits per heavy atom. The summed E-state index contributed by atoms with van der Waals surface area (Å²) in [5.41, 5.74) is 6.30. The molecule has 0 heterocycles. The van der Waals surface area contributed by atoms with Crippen molar-refractivity contribution in [2.45, 2.75) is 40.0 Å². The van der Waals surface area contributed by atoms with Crippen LogP contribution in [0.25, 0.3) is 0 Å². The molecule has 0 aromatic heterocycles. The second-order valence-corrected chi connectivity index (χ2v) is 8.60. The summed E-state index contributed by atoms with van der Waals surface area (Å²) in [4.78, 5) is 24.6. The first-order valence-corrected chi connectivity index (χ1v) is 10.8. The first kappa shape index (κ1) is 23.7. The van der Waals surface area contributed by atoms with Gasteiger partial charge in [-0.25, -0.2) is 0 Å². The zero-order valence-corrected chi connectivity index (χ0v) is 19.4. The van der Waals surface area contributed by atoms with Crippen molar-refractivity contribution in [3.8, 4) is 11.5 Å². The predicted molar refractivity (Wildman–Crippen MR) is 121 cm³/mol. The summed E-state index contributed by atoms with van der Waals surface area (Å²) in [7, 11) is 0. The lowest BCUT2D eigenvalue weighted by Gasteiger charge is -2.14. The van der Waals surface area contributed by atoms with Crippen molar-refractivity contribution in [2.75, 3.05) is 13.2 Å². The van der Waals surface area contributed by atoms with Crippen molar-refractivity contribution in [1.29, 1.82) is 0 Å². The zero-order chi connectivity index (χ0) is 22.1. The van der Waals surface area contributed by atoms with Gasteiger partial charge in [0.1, 0.15) is 11.5 Å². The highest BCUT2D eigenvalue weighted by molar-refractivity contribution is 9.10. The third-order valence-electron chi connectivity index (χ3n) is 4.37. The molecule has 2 N–H and O–H groups in total. The molecule has 0 unspecified atom stereocenters. The van der Waals surface area contributed by atoms with Crippen molar-refractivity contribution in [3.05, 3.63) is 58.1 Å². The SMILES string of the molecule is CC(C)CCOc1ccc(Br)cc1C(=O)NNC(=O)COc1ccc(C(C)C)cc1. The van der Waals surface area contributed by atoms with Crippen LogP contribution >= 0.6 is 15.9 Å². The molecule has 0 saturated carbocycles. The van der Waals surface area contributed by atoms with Crippen LogP contribution in [0.4, 0.5) is 0 Å². The molecular weight excluding hydrogens is 448 g/mol. The first-order chi connectivity index (χ1) is 14.3. The van der Waals surface area contributed by atoms with Crippen LogP contribution in [0, 0.1) is 5.92 Å². The van der Waals surface area contributed by atoms with Crippen molar-refractivity contribution < 1.29 is 19.1 Å². The van der Waals surface area contributed by atoms with E-state index in [1.165, 1.54) is 5.56 Å². The number of ether oxygens (including phenoxy) is 2. The number of halogens is 1. The average Bonchev–Trinajstić information content (AvgIpc) is 2.71. The van der Waals surface area contributed by atoms with E-state index < -0.39 is 11.8 Å². The highest BCUT2D eigenvalue weighted by atomic mass is 79.9. The van der Waals surface area contributed by atoms with Gasteiger partial charge < -0.3 is 9.47 Å². The lowest BCUT2D eigenvalue weighted by molar-refractivity contribution is -0.123. The largest absolute Gasteiger partial charge is 0.493 e. The molecule has 0 aliphatic carbocycles. The molecule has 0 aliphatic heterocycles. The van der Waals surface area contributed by atoms with Gasteiger partial charge in [0.15, 0.2) is 6.61 Å². The minimum absolute atomic E-state index is 0.211. The maximum Gasteiger partial charge on any atom is 0.276 e. The Bertz CT molecular complexity index is 851. The molecular formula is C23H29BrN2O4. The molecule has 7 heteroatoms. The van der Waals surface area contributed by atoms with E-state index in [-0.39, 0.29) is 6.61 Å². The topological polar surface area (TPSA) is 76.7 Å². The molecule has 0 fully saturated rings. The van der Waals surface area contributed by atoms with Gasteiger partial charge in [-0.1, -0.05) is 55.8 Å². The molecule has 2 aromatic rings. The highest BCUT2D eigenvalue weighted by Crippen LogP contribution is 2.24. The average molecular weight is 477 g/mol. The summed E-state index contributed by atoms with van der Waals surface area (Å²) in [6, 6.07) is 12.8. The molecule has 0 aliphatic rings. The van der Waals surface area contributed by atoms with Crippen LogP contribution < -0.4 is 20.3 Å². The summed E-state index contributed by atoms with van der Waals surface area (Å²) in [6.07, 6.45) is 0.878. The van der Waals surface area contributed by atoms with E-state index >= 15 is 0 Å². The third kappa shape index (κ3) is 7.71. The van der Waals surface area contributed by atoms with Gasteiger partial charge in [0.05, 0.1) is 12.2 Å². The Labute approximate surface area is 186 Å². The van der Waals surface area contributed by atoms with Gasteiger partial charge in [0.25, 0.3) is 11.8 Å². The minimum atomic E-state index is -0.467. The van der Waals surface area contributed by atoms with Gasteiger partial charge in [0, 0.05) is 4.47 Å². The number of hydrogen-bond donors (Lipinski definition) is 2. The maximum absolute atomic E-state index is 12.5. The van der Waals surface area contributed by atoms with E-state index in [2.05, 4.69) is 54.5 Å². The summed E-state index contributed by atoms with van der Waals surface area (Å²) in [5.74, 6) is 1.05. The van der Waals surface area contributed by atoms with Gasteiger partial charge in [0.2, 0.25) is 0 Å². The van der Waals surface area contributed by atoms with Crippen LogP contribution in [-0.2, 0) is 4.79 Å². The molecule has 0 radical (unpaired) electrons. The molecule has 2 amide bonds. The molecule has 2 rings (SSSR count). The van der Waals surface area contributed by atoms with Crippen LogP contribution in [-0.4, -0.2) is 25.0 Å². The summed E-state index contributed by atoms with van der Waals surface area (Å²) >= 11 is 3.36. The minimum Gasteiger partial charge on any atom is -0.493 e. The van der Waals surface area contributed by atoms with E-state index in [4.69, 9.17) is 9.47 Å². The van der Waals surface area contributed by atoms with Gasteiger partial charge in [-0.2, -0.15) is 0 Å². The number of carbonyl (C=O) groups is 2. The van der Waals surface area contributed by atoms with Crippen molar-refractivity contribution in [2.24, 2.45) is 5.92 Å². The molecule has 6 nitrogen and oxygen atoms in total. The zero-order valence-electron chi connectivity index (χ0n) is 17.8. The van der Waals surface area contributed by atoms with E-state index in [0.29, 0.717) is 35.5 Å². The Balaban J connectivity index is 1.87. The summed E-state index contributed by atoms with van der Waals surface area (Å²) in [6.45, 7) is 8.73. The van der Waals surface area contributed by atoms with E-state index in [1.807, 2.05) is 24.3 Å². The standard InChI is InChI=1S/C23H29BrN2O4/c1-15(2)11-12-29-21-10-7-18(24)13-20(21)23(28)26-25-22(27)14-30-19-8-5-17(6-9-19)16(3)4/h5-10,13,15-16H,11-12,14H2,1-4H3,(H,25,27)(H,26,28). The number of amides is 2. The lowest BCUT2D eigenvalue weighted by atomic mass is 10.0. The normalized spacial score (nSPS) is 10.8. The van der Waals surface area contributed by atoms with Gasteiger partial charge in [-0.15, -0.1) is 0 Å². The predicted octanol–water partition coefficient (Wildman–Crippen LogP) is 4.84. The molecule has 0 saturated heterocycles. The van der Waals surface area contributed by atoms with Crippen molar-refractivity contribution in [1.82, 2.24) is 10.9 Å². The van der Waals surface area contributed by atoms with Gasteiger partial charge in [-0.05, 0) is 54.2 Å². The van der Waals surface area contributed by atoms with Crippen LogP contribution in [0.15, 0.2) is 46.9 Å². The fraction of sp³-hybridized carbons (Fsp3) is 0.391. The quantitative estimate of drug-likeness (QED) is 0.507. The molecule has 0 atom stereocenters. The van der Waals surface area contributed by atoms with Crippen LogP contribution in [0.5, 0.6) is 11.5 Å². The Hall–Kier alpha value is -2.54. The molecule has 0 spiro atoms. The van der Waals surface area contributed by atoms with Crippen LogP contribution in [0.1, 0.15) is 56.0 Å². The Morgan fingerprint density at radius 2 is 1.67 bits per heavy atom. The van der Waals surface area contributed by atoms with Crippen molar-refractivity contribution >= 4 is 27.7 Å². The number of carbonyl (C=O) groups excluding carboxylic acids is 2. The van der Waals surface area contributed by atoms with Gasteiger partial charge in [-0.3, -0.25) is 20.4 Å². The second-order valence-electron chi connectivity index (χ2n) is 7.69. The number of hydrogen-bond acceptors (Lipinski definition) is 4. The molecule has 2 aromatic carbocycles. The summed E-state index contributed by atoms with van der Waals surface area (Å²) in [5, 5.41) is 0. The first-order valence-electron chi connectivity index (χ1n) is 10.0. The van der Waals surface area contributed by atoms with Crippen molar-refractivity contribution in [3.63, 3.8) is 0 Å². The highest BCUT2D eigenvalue weighted by Gasteiger charge is 2.15. The molecule has 0 bridgehead atoms. The Morgan fingerprint density at radius 1 is 0.967 bits per heavy atom. The second kappa shape index (κ2) is 11.6. The number of rotatable bonds is 9. The number of nitrogens with one attached hydrogen (secondary N) is 2. The van der Waals surface area contributed by atoms with E-state index in [1.54, 1.807) is 18.2 Å². The third-order valence-corrected chi connectivity index (χ3v) is 4.86. The monoisotopic (exact) mass is 476 g/mol. The van der Waals surface area contributed by atoms with E-state index in [9.17, 15) is 9.59 Å². The fourth-order valence-electron chi connectivity index (χ4n) is 2.54. The number of hydrazine groups is 1. The van der Waals surface area contributed by atoms with E-state index in [0.717, 1.165) is 10.9 Å². The van der Waals surface area contributed by atoms with Crippen LogP contribution in [0.3, 0.4) is 0 Å². The maximum atomic E-state index is 12.5. The fourth-order valence-corrected chi connectivity index (χ4v) is 2.90. The smallest absolute Gasteiger partial charge is 0.276 e. The van der Waals surface area contributed by atoms with Gasteiger partial charge >= 0.3 is 0 Å². The number of benzene rings is 2. The summed E-state index contributed by atoms with van der Waals surface area (Å²) < 4.78 is 11.9. The van der Waals surface area contributed by atoms with Crippen LogP contribution in [0.2, 0.25) is 0 Å². The Kier molecular flexibility index (Phi) is 9.17.